The summed E-state index contributed by atoms with van der Waals surface area (Å²) in [4.78, 5) is 31.8. The number of nitrogens with zero attached hydrogens (tertiary/aromatic N) is 2. The van der Waals surface area contributed by atoms with Gasteiger partial charge in [-0.25, -0.2) is 18.7 Å². The molecule has 0 aliphatic carbocycles. The third kappa shape index (κ3) is 4.70. The first kappa shape index (κ1) is 19.9. The lowest BCUT2D eigenvalue weighted by molar-refractivity contribution is -0.114. The summed E-state index contributed by atoms with van der Waals surface area (Å²) in [5, 5.41) is 5.10. The van der Waals surface area contributed by atoms with Crippen LogP contribution in [-0.4, -0.2) is 28.9 Å². The molecule has 2 heterocycles. The van der Waals surface area contributed by atoms with Crippen molar-refractivity contribution in [2.45, 2.75) is 6.92 Å². The van der Waals surface area contributed by atoms with Gasteiger partial charge in [-0.1, -0.05) is 0 Å². The average Bonchev–Trinajstić information content (AvgIpc) is 2.67. The standard InChI is InChI=1S/C20H16F2N4O3/c1-11(27)25-18-8-12(5-6-23-18)13-7-17(20(29-2)24-10-13)26-19(28)15-4-3-14(21)9-16(15)22/h3-10H,1-2H3,(H,26,28)(H,23,25,27). The second-order valence-electron chi connectivity index (χ2n) is 5.97. The predicted molar refractivity (Wildman–Crippen MR) is 103 cm³/mol. The number of benzene rings is 1. The predicted octanol–water partition coefficient (Wildman–Crippen LogP) is 3.64. The molecule has 0 spiro atoms. The number of nitrogens with one attached hydrogen (secondary N) is 2. The Morgan fingerprint density at radius 1 is 1.00 bits per heavy atom. The van der Waals surface area contributed by atoms with Crippen molar-refractivity contribution < 1.29 is 23.1 Å². The lowest BCUT2D eigenvalue weighted by atomic mass is 10.1. The topological polar surface area (TPSA) is 93.2 Å². The Balaban J connectivity index is 1.93. The number of carbonyl (C=O) groups excluding carboxylic acids is 2. The number of aromatic nitrogens is 2. The van der Waals surface area contributed by atoms with Crippen molar-refractivity contribution in [3.05, 3.63) is 66.0 Å². The van der Waals surface area contributed by atoms with Gasteiger partial charge in [-0.2, -0.15) is 0 Å². The molecule has 2 amide bonds. The van der Waals surface area contributed by atoms with Gasteiger partial charge in [0, 0.05) is 30.9 Å². The minimum Gasteiger partial charge on any atom is -0.480 e. The molecule has 0 bridgehead atoms. The molecule has 148 valence electrons. The molecule has 0 fully saturated rings. The summed E-state index contributed by atoms with van der Waals surface area (Å²) >= 11 is 0. The fourth-order valence-electron chi connectivity index (χ4n) is 2.58. The first-order chi connectivity index (χ1) is 13.9. The smallest absolute Gasteiger partial charge is 0.258 e. The van der Waals surface area contributed by atoms with Gasteiger partial charge in [0.25, 0.3) is 5.91 Å². The summed E-state index contributed by atoms with van der Waals surface area (Å²) < 4.78 is 32.1. The van der Waals surface area contributed by atoms with Gasteiger partial charge >= 0.3 is 0 Å². The highest BCUT2D eigenvalue weighted by Gasteiger charge is 2.16. The zero-order valence-corrected chi connectivity index (χ0v) is 15.5. The van der Waals surface area contributed by atoms with Crippen LogP contribution in [0.25, 0.3) is 11.1 Å². The second-order valence-corrected chi connectivity index (χ2v) is 5.97. The summed E-state index contributed by atoms with van der Waals surface area (Å²) in [5.74, 6) is -2.36. The Morgan fingerprint density at radius 2 is 1.79 bits per heavy atom. The minimum atomic E-state index is -0.986. The summed E-state index contributed by atoms with van der Waals surface area (Å²) in [6.45, 7) is 1.37. The molecule has 0 aliphatic rings. The van der Waals surface area contributed by atoms with Crippen LogP contribution in [0.5, 0.6) is 5.88 Å². The highest BCUT2D eigenvalue weighted by atomic mass is 19.1. The number of anilines is 2. The number of methoxy groups -OCH3 is 1. The molecule has 29 heavy (non-hydrogen) atoms. The van der Waals surface area contributed by atoms with Crippen molar-refractivity contribution >= 4 is 23.3 Å². The van der Waals surface area contributed by atoms with Gasteiger partial charge in [-0.3, -0.25) is 9.59 Å². The van der Waals surface area contributed by atoms with Gasteiger partial charge in [-0.05, 0) is 35.9 Å². The van der Waals surface area contributed by atoms with Gasteiger partial charge < -0.3 is 15.4 Å². The van der Waals surface area contributed by atoms with Gasteiger partial charge in [0.2, 0.25) is 11.8 Å². The van der Waals surface area contributed by atoms with E-state index in [0.29, 0.717) is 23.0 Å². The van der Waals surface area contributed by atoms with Crippen LogP contribution in [0, 0.1) is 11.6 Å². The molecule has 3 rings (SSSR count). The molecule has 2 N–H and O–H groups in total. The molecule has 0 aliphatic heterocycles. The highest BCUT2D eigenvalue weighted by Crippen LogP contribution is 2.29. The van der Waals surface area contributed by atoms with Crippen LogP contribution in [0.2, 0.25) is 0 Å². The molecule has 0 radical (unpaired) electrons. The van der Waals surface area contributed by atoms with Crippen LogP contribution < -0.4 is 15.4 Å². The van der Waals surface area contributed by atoms with Crippen molar-refractivity contribution in [3.8, 4) is 17.0 Å². The molecule has 0 saturated heterocycles. The molecule has 3 aromatic rings. The Morgan fingerprint density at radius 3 is 2.48 bits per heavy atom. The molecular weight excluding hydrogens is 382 g/mol. The SMILES string of the molecule is COc1ncc(-c2ccnc(NC(C)=O)c2)cc1NC(=O)c1ccc(F)cc1F. The van der Waals surface area contributed by atoms with Crippen molar-refractivity contribution in [2.24, 2.45) is 0 Å². The monoisotopic (exact) mass is 398 g/mol. The molecular formula is C20H16F2N4O3. The third-order valence-corrected chi connectivity index (χ3v) is 3.87. The van der Waals surface area contributed by atoms with Crippen molar-refractivity contribution in [1.29, 1.82) is 0 Å². The molecule has 0 atom stereocenters. The lowest BCUT2D eigenvalue weighted by Gasteiger charge is -2.12. The summed E-state index contributed by atoms with van der Waals surface area (Å²) in [6, 6.07) is 7.58. The normalized spacial score (nSPS) is 10.3. The number of carbonyl (C=O) groups is 2. The van der Waals surface area contributed by atoms with E-state index in [1.807, 2.05) is 0 Å². The van der Waals surface area contributed by atoms with E-state index in [1.54, 1.807) is 18.2 Å². The van der Waals surface area contributed by atoms with Crippen molar-refractivity contribution in [3.63, 3.8) is 0 Å². The number of halogens is 2. The fourth-order valence-corrected chi connectivity index (χ4v) is 2.58. The van der Waals surface area contributed by atoms with Crippen LogP contribution in [-0.2, 0) is 4.79 Å². The van der Waals surface area contributed by atoms with E-state index in [4.69, 9.17) is 4.74 Å². The summed E-state index contributed by atoms with van der Waals surface area (Å²) in [5.41, 5.74) is 1.13. The maximum absolute atomic E-state index is 13.9. The maximum atomic E-state index is 13.9. The molecule has 0 saturated carbocycles. The lowest BCUT2D eigenvalue weighted by Crippen LogP contribution is -2.15. The summed E-state index contributed by atoms with van der Waals surface area (Å²) in [7, 11) is 1.37. The largest absolute Gasteiger partial charge is 0.480 e. The van der Waals surface area contributed by atoms with E-state index < -0.39 is 17.5 Å². The number of hydrogen-bond donors (Lipinski definition) is 2. The second kappa shape index (κ2) is 8.42. The first-order valence-corrected chi connectivity index (χ1v) is 8.42. The molecule has 0 unspecified atom stereocenters. The number of amides is 2. The average molecular weight is 398 g/mol. The van der Waals surface area contributed by atoms with E-state index in [-0.39, 0.29) is 23.0 Å². The zero-order valence-electron chi connectivity index (χ0n) is 15.5. The van der Waals surface area contributed by atoms with Gasteiger partial charge in [-0.15, -0.1) is 0 Å². The molecule has 9 heteroatoms. The Labute approximate surface area is 164 Å². The highest BCUT2D eigenvalue weighted by molar-refractivity contribution is 6.05. The van der Waals surface area contributed by atoms with E-state index in [9.17, 15) is 18.4 Å². The van der Waals surface area contributed by atoms with E-state index in [1.165, 1.54) is 26.4 Å². The zero-order chi connectivity index (χ0) is 21.0. The van der Waals surface area contributed by atoms with E-state index >= 15 is 0 Å². The van der Waals surface area contributed by atoms with Crippen LogP contribution >= 0.6 is 0 Å². The van der Waals surface area contributed by atoms with E-state index in [2.05, 4.69) is 20.6 Å². The van der Waals surface area contributed by atoms with Gasteiger partial charge in [0.15, 0.2) is 0 Å². The van der Waals surface area contributed by atoms with Crippen LogP contribution in [0.3, 0.4) is 0 Å². The fraction of sp³-hybridized carbons (Fsp3) is 0.100. The first-order valence-electron chi connectivity index (χ1n) is 8.42. The minimum absolute atomic E-state index is 0.112. The summed E-state index contributed by atoms with van der Waals surface area (Å²) in [6.07, 6.45) is 3.02. The van der Waals surface area contributed by atoms with Crippen LogP contribution in [0.15, 0.2) is 48.8 Å². The maximum Gasteiger partial charge on any atom is 0.258 e. The number of rotatable bonds is 5. The molecule has 2 aromatic heterocycles. The van der Waals surface area contributed by atoms with Crippen LogP contribution in [0.1, 0.15) is 17.3 Å². The molecule has 1 aromatic carbocycles. The van der Waals surface area contributed by atoms with Gasteiger partial charge in [0.05, 0.1) is 12.7 Å². The Hall–Kier alpha value is -3.88. The van der Waals surface area contributed by atoms with Crippen LogP contribution in [0.4, 0.5) is 20.3 Å². The quantitative estimate of drug-likeness (QED) is 0.685. The van der Waals surface area contributed by atoms with E-state index in [0.717, 1.165) is 12.1 Å². The third-order valence-electron chi connectivity index (χ3n) is 3.87. The Kier molecular flexibility index (Phi) is 5.77. The Bertz CT molecular complexity index is 1090. The number of pyridine rings is 2. The van der Waals surface area contributed by atoms with Crippen molar-refractivity contribution in [2.75, 3.05) is 17.7 Å². The van der Waals surface area contributed by atoms with Gasteiger partial charge in [0.1, 0.15) is 23.1 Å². The number of hydrogen-bond acceptors (Lipinski definition) is 5. The van der Waals surface area contributed by atoms with Crippen molar-refractivity contribution in [1.82, 2.24) is 9.97 Å². The molecule has 7 nitrogen and oxygen atoms in total. The number of ether oxygens (including phenoxy) is 1.